The third-order valence-corrected chi connectivity index (χ3v) is 6.43. The fourth-order valence-electron chi connectivity index (χ4n) is 4.22. The van der Waals surface area contributed by atoms with Gasteiger partial charge in [0.2, 0.25) is 0 Å². The number of allylic oxidation sites excluding steroid dienone is 1. The van der Waals surface area contributed by atoms with E-state index in [4.69, 9.17) is 18.6 Å². The largest absolute Gasteiger partial charge is 0.495 e. The summed E-state index contributed by atoms with van der Waals surface area (Å²) in [5.74, 6) is 8.58. The van der Waals surface area contributed by atoms with Crippen LogP contribution in [0.2, 0.25) is 0 Å². The molecule has 8 nitrogen and oxygen atoms in total. The lowest BCUT2D eigenvalue weighted by atomic mass is 9.96. The molecule has 156 valence electrons. The average Bonchev–Trinajstić information content (AvgIpc) is 3.11. The topological polar surface area (TPSA) is 106 Å². The number of hydrogen-bond acceptors (Lipinski definition) is 7. The predicted molar refractivity (Wildman–Crippen MR) is 104 cm³/mol. The fraction of sp³-hybridized carbons (Fsp3) is 0.778. The summed E-state index contributed by atoms with van der Waals surface area (Å²) in [7, 11) is -2.41. The molecule has 3 N–H and O–H groups in total. The lowest BCUT2D eigenvalue weighted by molar-refractivity contribution is -0.0885. The van der Waals surface area contributed by atoms with Gasteiger partial charge in [-0.15, -0.1) is 11.8 Å². The molecule has 28 heavy (non-hydrogen) atoms. The smallest absolute Gasteiger partial charge is 0.394 e. The SMILES string of the molecule is B[C@H]1C[C@@H](OCOP(=O)(O)ON/C=C/CC2C3CCC#CCCC23)[C@@H](CO)O1. The van der Waals surface area contributed by atoms with Gasteiger partial charge < -0.3 is 19.5 Å². The van der Waals surface area contributed by atoms with E-state index in [1.807, 2.05) is 13.9 Å². The number of phosphoric ester groups is 1. The molecule has 0 aromatic heterocycles. The van der Waals surface area contributed by atoms with Crippen LogP contribution in [0.1, 0.15) is 38.5 Å². The van der Waals surface area contributed by atoms with Crippen molar-refractivity contribution in [1.29, 1.82) is 0 Å². The molecule has 3 rings (SSSR count). The van der Waals surface area contributed by atoms with Gasteiger partial charge in [0, 0.05) is 25.0 Å². The maximum atomic E-state index is 11.8. The van der Waals surface area contributed by atoms with Crippen LogP contribution in [0.5, 0.6) is 0 Å². The number of aliphatic hydroxyl groups is 1. The molecule has 1 heterocycles. The first-order valence-corrected chi connectivity index (χ1v) is 11.4. The minimum atomic E-state index is -4.29. The van der Waals surface area contributed by atoms with Crippen molar-refractivity contribution in [2.75, 3.05) is 13.4 Å². The molecule has 10 heteroatoms. The summed E-state index contributed by atoms with van der Waals surface area (Å²) in [6.45, 7) is -0.603. The minimum Gasteiger partial charge on any atom is -0.394 e. The van der Waals surface area contributed by atoms with Crippen molar-refractivity contribution < 1.29 is 33.2 Å². The van der Waals surface area contributed by atoms with Gasteiger partial charge in [0.1, 0.15) is 14.0 Å². The number of nitrogens with one attached hydrogen (secondary N) is 1. The van der Waals surface area contributed by atoms with Gasteiger partial charge in [-0.3, -0.25) is 10.0 Å². The number of hydrogen-bond donors (Lipinski definition) is 3. The summed E-state index contributed by atoms with van der Waals surface area (Å²) in [5.41, 5.74) is 2.36. The third-order valence-electron chi connectivity index (χ3n) is 5.67. The Morgan fingerprint density at radius 1 is 1.29 bits per heavy atom. The standard InChI is InChI=1S/C18H29BNO7P/c19-18-10-16(17(11-21)26-18)24-12-25-28(22,23)27-20-9-5-8-15-13-6-3-1-2-4-7-14(13)15/h5,9,13-18,20-21H,3-4,6-8,10-12,19H2,(H,22,23)/b9-5+/t13?,14?,15?,16-,17-,18-/m1/s1. The van der Waals surface area contributed by atoms with Crippen molar-refractivity contribution in [3.63, 3.8) is 0 Å². The van der Waals surface area contributed by atoms with Crippen LogP contribution in [0.15, 0.2) is 12.3 Å². The Hall–Kier alpha value is -0.845. The van der Waals surface area contributed by atoms with E-state index < -0.39 is 20.7 Å². The molecule has 3 aliphatic rings. The quantitative estimate of drug-likeness (QED) is 0.161. The zero-order valence-corrected chi connectivity index (χ0v) is 17.1. The highest BCUT2D eigenvalue weighted by molar-refractivity contribution is 7.47. The van der Waals surface area contributed by atoms with E-state index in [-0.39, 0.29) is 18.7 Å². The van der Waals surface area contributed by atoms with Crippen molar-refractivity contribution >= 4 is 15.7 Å². The summed E-state index contributed by atoms with van der Waals surface area (Å²) >= 11 is 0. The molecule has 0 aromatic carbocycles. The van der Waals surface area contributed by atoms with Crippen LogP contribution in [0.4, 0.5) is 0 Å². The zero-order chi connectivity index (χ0) is 20.0. The van der Waals surface area contributed by atoms with Crippen molar-refractivity contribution in [3.05, 3.63) is 12.3 Å². The van der Waals surface area contributed by atoms with Gasteiger partial charge in [-0.25, -0.2) is 4.57 Å². The lowest BCUT2D eigenvalue weighted by Crippen LogP contribution is -2.28. The second-order valence-corrected chi connectivity index (χ2v) is 8.97. The van der Waals surface area contributed by atoms with Gasteiger partial charge in [-0.1, -0.05) is 6.08 Å². The molecule has 6 atom stereocenters. The molecule has 2 fully saturated rings. The van der Waals surface area contributed by atoms with Crippen LogP contribution in [0.3, 0.4) is 0 Å². The number of fused-ring (bicyclic) bond motifs is 1. The zero-order valence-electron chi connectivity index (χ0n) is 16.2. The van der Waals surface area contributed by atoms with Crippen LogP contribution in [-0.4, -0.2) is 49.5 Å². The van der Waals surface area contributed by atoms with E-state index >= 15 is 0 Å². The van der Waals surface area contributed by atoms with Gasteiger partial charge >= 0.3 is 7.82 Å². The van der Waals surface area contributed by atoms with E-state index in [0.29, 0.717) is 12.3 Å². The summed E-state index contributed by atoms with van der Waals surface area (Å²) in [4.78, 5) is 9.66. The summed E-state index contributed by atoms with van der Waals surface area (Å²) in [5, 5.41) is 9.22. The Bertz CT molecular complexity index is 634. The molecular formula is C18H29BNO7P. The maximum absolute atomic E-state index is 11.8. The molecule has 2 aliphatic carbocycles. The fourth-order valence-corrected chi connectivity index (χ4v) is 4.66. The van der Waals surface area contributed by atoms with Gasteiger partial charge in [-0.2, -0.15) is 4.62 Å². The Morgan fingerprint density at radius 3 is 2.68 bits per heavy atom. The number of hydroxylamine groups is 1. The Morgan fingerprint density at radius 2 is 2.00 bits per heavy atom. The number of rotatable bonds is 10. The van der Waals surface area contributed by atoms with Crippen molar-refractivity contribution in [2.24, 2.45) is 17.8 Å². The van der Waals surface area contributed by atoms with Gasteiger partial charge in [0.25, 0.3) is 0 Å². The van der Waals surface area contributed by atoms with E-state index in [1.165, 1.54) is 19.0 Å². The van der Waals surface area contributed by atoms with Crippen LogP contribution in [0.25, 0.3) is 0 Å². The normalized spacial score (nSPS) is 36.6. The Balaban J connectivity index is 1.28. The molecule has 1 aliphatic heterocycles. The Kier molecular flexibility index (Phi) is 8.01. The van der Waals surface area contributed by atoms with Crippen LogP contribution in [0, 0.1) is 29.6 Å². The second-order valence-electron chi connectivity index (χ2n) is 7.59. The highest BCUT2D eigenvalue weighted by Crippen LogP contribution is 2.54. The molecule has 3 unspecified atom stereocenters. The van der Waals surface area contributed by atoms with Crippen LogP contribution in [-0.2, 0) is 23.2 Å². The number of aliphatic hydroxyl groups excluding tert-OH is 1. The first kappa shape index (κ1) is 21.9. The highest BCUT2D eigenvalue weighted by atomic mass is 31.2. The highest BCUT2D eigenvalue weighted by Gasteiger charge is 2.47. The predicted octanol–water partition coefficient (Wildman–Crippen LogP) is 1.05. The summed E-state index contributed by atoms with van der Waals surface area (Å²) in [6, 6.07) is -0.0392. The summed E-state index contributed by atoms with van der Waals surface area (Å²) in [6.07, 6.45) is 8.40. The van der Waals surface area contributed by atoms with E-state index in [1.54, 1.807) is 0 Å². The van der Waals surface area contributed by atoms with E-state index in [2.05, 4.69) is 17.3 Å². The van der Waals surface area contributed by atoms with Crippen molar-refractivity contribution in [3.8, 4) is 11.8 Å². The van der Waals surface area contributed by atoms with Crippen LogP contribution < -0.4 is 5.48 Å². The van der Waals surface area contributed by atoms with Gasteiger partial charge in [0.05, 0.1) is 12.7 Å². The van der Waals surface area contributed by atoms with E-state index in [0.717, 1.165) is 31.1 Å². The molecule has 0 radical (unpaired) electrons. The van der Waals surface area contributed by atoms with Crippen molar-refractivity contribution in [2.45, 2.75) is 56.7 Å². The second kappa shape index (κ2) is 10.3. The molecule has 0 bridgehead atoms. The third kappa shape index (κ3) is 6.33. The van der Waals surface area contributed by atoms with Crippen LogP contribution >= 0.6 is 7.82 Å². The van der Waals surface area contributed by atoms with Gasteiger partial charge in [0.15, 0.2) is 6.79 Å². The first-order valence-electron chi connectivity index (χ1n) is 9.90. The van der Waals surface area contributed by atoms with Gasteiger partial charge in [-0.05, 0) is 43.4 Å². The molecule has 1 saturated carbocycles. The maximum Gasteiger partial charge on any atom is 0.495 e. The molecular weight excluding hydrogens is 384 g/mol. The average molecular weight is 413 g/mol. The van der Waals surface area contributed by atoms with Crippen molar-refractivity contribution in [1.82, 2.24) is 5.48 Å². The van der Waals surface area contributed by atoms with E-state index in [9.17, 15) is 14.6 Å². The molecule has 0 aromatic rings. The summed E-state index contributed by atoms with van der Waals surface area (Å²) < 4.78 is 32.1. The molecule has 1 saturated heterocycles. The number of phosphoric acid groups is 1. The number of ether oxygens (including phenoxy) is 2. The monoisotopic (exact) mass is 413 g/mol. The molecule has 0 spiro atoms. The molecule has 0 amide bonds. The minimum absolute atomic E-state index is 0.0392. The lowest BCUT2D eigenvalue weighted by Gasteiger charge is -2.18. The Labute approximate surface area is 166 Å². The first-order chi connectivity index (χ1) is 13.5.